The van der Waals surface area contributed by atoms with Gasteiger partial charge in [-0.1, -0.05) is 42.0 Å². The zero-order valence-corrected chi connectivity index (χ0v) is 13.8. The van der Waals surface area contributed by atoms with Gasteiger partial charge in [0.15, 0.2) is 0 Å². The highest BCUT2D eigenvalue weighted by Gasteiger charge is 2.21. The minimum absolute atomic E-state index is 0.227. The Kier molecular flexibility index (Phi) is 5.11. The van der Waals surface area contributed by atoms with E-state index in [1.54, 1.807) is 23.1 Å². The molecule has 0 saturated carbocycles. The summed E-state index contributed by atoms with van der Waals surface area (Å²) in [4.78, 5) is 16.3. The fourth-order valence-corrected chi connectivity index (χ4v) is 2.93. The van der Waals surface area contributed by atoms with Crippen LogP contribution in [0.1, 0.15) is 11.1 Å². The summed E-state index contributed by atoms with van der Waals surface area (Å²) in [5, 5.41) is 2.65. The number of halogens is 1. The van der Waals surface area contributed by atoms with Crippen LogP contribution in [0.3, 0.4) is 0 Å². The number of nitrogens with one attached hydrogen (secondary N) is 1. The van der Waals surface area contributed by atoms with Crippen molar-refractivity contribution in [3.05, 3.63) is 65.5 Å². The topological polar surface area (TPSA) is 35.6 Å². The van der Waals surface area contributed by atoms with Gasteiger partial charge in [-0.3, -0.25) is 4.90 Å². The summed E-state index contributed by atoms with van der Waals surface area (Å²) in [6.45, 7) is 5.91. The fourth-order valence-electron chi connectivity index (χ4n) is 2.93. The van der Waals surface area contributed by atoms with Gasteiger partial charge in [0.1, 0.15) is 5.82 Å². The number of anilines is 1. The third-order valence-corrected chi connectivity index (χ3v) is 4.26. The first-order valence-electron chi connectivity index (χ1n) is 8.20. The molecule has 0 unspecified atom stereocenters. The number of nitrogens with zero attached hydrogens (tertiary/aromatic N) is 2. The molecule has 1 saturated heterocycles. The molecule has 126 valence electrons. The number of amides is 2. The number of para-hydroxylation sites is 1. The SMILES string of the molecule is Cc1cccc(CN2CCN(C(=O)Nc3ccccc3F)CC2)c1. The summed E-state index contributed by atoms with van der Waals surface area (Å²) in [6.07, 6.45) is 0. The van der Waals surface area contributed by atoms with Crippen LogP contribution in [-0.4, -0.2) is 42.0 Å². The maximum Gasteiger partial charge on any atom is 0.322 e. The summed E-state index contributed by atoms with van der Waals surface area (Å²) < 4.78 is 13.6. The van der Waals surface area contributed by atoms with Gasteiger partial charge in [-0.15, -0.1) is 0 Å². The lowest BCUT2D eigenvalue weighted by atomic mass is 10.1. The molecule has 0 atom stereocenters. The Morgan fingerprint density at radius 1 is 1.08 bits per heavy atom. The second kappa shape index (κ2) is 7.45. The fraction of sp³-hybridized carbons (Fsp3) is 0.316. The molecule has 1 fully saturated rings. The molecule has 1 aliphatic heterocycles. The van der Waals surface area contributed by atoms with Gasteiger partial charge in [0.05, 0.1) is 5.69 Å². The average molecular weight is 327 g/mol. The quantitative estimate of drug-likeness (QED) is 0.937. The summed E-state index contributed by atoms with van der Waals surface area (Å²) >= 11 is 0. The van der Waals surface area contributed by atoms with Gasteiger partial charge in [0.25, 0.3) is 0 Å². The maximum absolute atomic E-state index is 13.6. The van der Waals surface area contributed by atoms with Crippen molar-refractivity contribution < 1.29 is 9.18 Å². The third kappa shape index (κ3) is 4.11. The summed E-state index contributed by atoms with van der Waals surface area (Å²) in [5.74, 6) is -0.413. The molecule has 0 aliphatic carbocycles. The second-order valence-corrected chi connectivity index (χ2v) is 6.16. The Hall–Kier alpha value is -2.40. The molecule has 1 N–H and O–H groups in total. The monoisotopic (exact) mass is 327 g/mol. The Morgan fingerprint density at radius 3 is 2.54 bits per heavy atom. The molecule has 2 aromatic rings. The second-order valence-electron chi connectivity index (χ2n) is 6.16. The lowest BCUT2D eigenvalue weighted by Gasteiger charge is -2.34. The predicted molar refractivity (Wildman–Crippen MR) is 93.4 cm³/mol. The number of piperazine rings is 1. The molecule has 2 amide bonds. The number of carbonyl (C=O) groups is 1. The number of urea groups is 1. The first-order chi connectivity index (χ1) is 11.6. The number of carbonyl (C=O) groups excluding carboxylic acids is 1. The van der Waals surface area contributed by atoms with Gasteiger partial charge in [-0.25, -0.2) is 9.18 Å². The molecule has 5 heteroatoms. The number of benzene rings is 2. The predicted octanol–water partition coefficient (Wildman–Crippen LogP) is 3.48. The average Bonchev–Trinajstić information content (AvgIpc) is 2.57. The van der Waals surface area contributed by atoms with Crippen LogP contribution in [0, 0.1) is 12.7 Å². The highest BCUT2D eigenvalue weighted by Crippen LogP contribution is 2.15. The smallest absolute Gasteiger partial charge is 0.322 e. The maximum atomic E-state index is 13.6. The van der Waals surface area contributed by atoms with E-state index in [4.69, 9.17) is 0 Å². The van der Waals surface area contributed by atoms with E-state index in [0.717, 1.165) is 19.6 Å². The molecule has 0 aromatic heterocycles. The van der Waals surface area contributed by atoms with Gasteiger partial charge in [-0.05, 0) is 24.6 Å². The van der Waals surface area contributed by atoms with Gasteiger partial charge in [-0.2, -0.15) is 0 Å². The van der Waals surface area contributed by atoms with Crippen molar-refractivity contribution >= 4 is 11.7 Å². The largest absolute Gasteiger partial charge is 0.322 e. The first-order valence-corrected chi connectivity index (χ1v) is 8.20. The molecule has 0 radical (unpaired) electrons. The van der Waals surface area contributed by atoms with E-state index in [9.17, 15) is 9.18 Å². The first kappa shape index (κ1) is 16.5. The van der Waals surface area contributed by atoms with Gasteiger partial charge < -0.3 is 10.2 Å². The van der Waals surface area contributed by atoms with E-state index in [1.807, 2.05) is 0 Å². The van der Waals surface area contributed by atoms with E-state index < -0.39 is 5.82 Å². The molecule has 0 bridgehead atoms. The van der Waals surface area contributed by atoms with Gasteiger partial charge in [0, 0.05) is 32.7 Å². The van der Waals surface area contributed by atoms with Crippen LogP contribution in [0.15, 0.2) is 48.5 Å². The molecule has 4 nitrogen and oxygen atoms in total. The van der Waals surface area contributed by atoms with Crippen molar-refractivity contribution in [2.45, 2.75) is 13.5 Å². The summed E-state index contributed by atoms with van der Waals surface area (Å²) in [7, 11) is 0. The Labute approximate surface area is 141 Å². The van der Waals surface area contributed by atoms with Crippen molar-refractivity contribution in [3.63, 3.8) is 0 Å². The van der Waals surface area contributed by atoms with Crippen molar-refractivity contribution in [1.82, 2.24) is 9.80 Å². The molecule has 1 aliphatic rings. The minimum Gasteiger partial charge on any atom is -0.322 e. The van der Waals surface area contributed by atoms with E-state index >= 15 is 0 Å². The Morgan fingerprint density at radius 2 is 1.83 bits per heavy atom. The molecule has 3 rings (SSSR count). The van der Waals surface area contributed by atoms with Gasteiger partial charge in [0.2, 0.25) is 0 Å². The highest BCUT2D eigenvalue weighted by atomic mass is 19.1. The molecular formula is C19H22FN3O. The van der Waals surface area contributed by atoms with Crippen LogP contribution < -0.4 is 5.32 Å². The van der Waals surface area contributed by atoms with Crippen LogP contribution in [0.4, 0.5) is 14.9 Å². The Bertz CT molecular complexity index is 711. The zero-order chi connectivity index (χ0) is 16.9. The van der Waals surface area contributed by atoms with E-state index in [0.29, 0.717) is 13.1 Å². The molecule has 2 aromatic carbocycles. The summed E-state index contributed by atoms with van der Waals surface area (Å²) in [5.41, 5.74) is 2.78. The standard InChI is InChI=1S/C19H22FN3O/c1-15-5-4-6-16(13-15)14-22-9-11-23(12-10-22)19(24)21-18-8-3-2-7-17(18)20/h2-8,13H,9-12,14H2,1H3,(H,21,24). The molecule has 0 spiro atoms. The number of hydrogen-bond donors (Lipinski definition) is 1. The summed E-state index contributed by atoms with van der Waals surface area (Å²) in [6, 6.07) is 14.5. The van der Waals surface area contributed by atoms with Crippen LogP contribution in [-0.2, 0) is 6.54 Å². The van der Waals surface area contributed by atoms with Crippen molar-refractivity contribution in [3.8, 4) is 0 Å². The normalized spacial score (nSPS) is 15.3. The van der Waals surface area contributed by atoms with E-state index in [-0.39, 0.29) is 11.7 Å². The zero-order valence-electron chi connectivity index (χ0n) is 13.8. The highest BCUT2D eigenvalue weighted by molar-refractivity contribution is 5.89. The minimum atomic E-state index is -0.413. The van der Waals surface area contributed by atoms with Crippen molar-refractivity contribution in [1.29, 1.82) is 0 Å². The van der Waals surface area contributed by atoms with Crippen LogP contribution in [0.2, 0.25) is 0 Å². The lowest BCUT2D eigenvalue weighted by molar-refractivity contribution is 0.143. The Balaban J connectivity index is 1.51. The van der Waals surface area contributed by atoms with Crippen LogP contribution >= 0.6 is 0 Å². The van der Waals surface area contributed by atoms with Gasteiger partial charge >= 0.3 is 6.03 Å². The molecule has 1 heterocycles. The van der Waals surface area contributed by atoms with Crippen molar-refractivity contribution in [2.75, 3.05) is 31.5 Å². The number of rotatable bonds is 3. The third-order valence-electron chi connectivity index (χ3n) is 4.26. The number of aryl methyl sites for hydroxylation is 1. The molecule has 24 heavy (non-hydrogen) atoms. The van der Waals surface area contributed by atoms with Crippen LogP contribution in [0.5, 0.6) is 0 Å². The van der Waals surface area contributed by atoms with Crippen molar-refractivity contribution in [2.24, 2.45) is 0 Å². The van der Waals surface area contributed by atoms with E-state index in [2.05, 4.69) is 41.4 Å². The lowest BCUT2D eigenvalue weighted by Crippen LogP contribution is -2.49. The number of hydrogen-bond acceptors (Lipinski definition) is 2. The molecular weight excluding hydrogens is 305 g/mol. The van der Waals surface area contributed by atoms with E-state index in [1.165, 1.54) is 17.2 Å². The van der Waals surface area contributed by atoms with Crippen LogP contribution in [0.25, 0.3) is 0 Å².